The quantitative estimate of drug-likeness (QED) is 0.632. The van der Waals surface area contributed by atoms with Gasteiger partial charge in [-0.25, -0.2) is 0 Å². The molecule has 0 unspecified atom stereocenters. The van der Waals surface area contributed by atoms with E-state index >= 15 is 0 Å². The molecule has 0 saturated carbocycles. The third-order valence-corrected chi connectivity index (χ3v) is 4.75. The Morgan fingerprint density at radius 2 is 1.76 bits per heavy atom. The highest BCUT2D eigenvalue weighted by molar-refractivity contribution is 5.70. The third-order valence-electron chi connectivity index (χ3n) is 4.75. The number of hydrogen-bond acceptors (Lipinski definition) is 4. The van der Waals surface area contributed by atoms with Crippen LogP contribution in [0.4, 0.5) is 17.1 Å². The minimum Gasteiger partial charge on any atom is -0.371 e. The zero-order chi connectivity index (χ0) is 14.8. The van der Waals surface area contributed by atoms with Crippen molar-refractivity contribution in [1.29, 1.82) is 0 Å². The topological polar surface area (TPSA) is 49.6 Å². The van der Waals surface area contributed by atoms with E-state index in [-0.39, 0.29) is 10.6 Å². The molecule has 0 spiro atoms. The van der Waals surface area contributed by atoms with Gasteiger partial charge in [0.05, 0.1) is 4.92 Å². The minimum absolute atomic E-state index is 0.229. The monoisotopic (exact) mass is 289 g/mol. The van der Waals surface area contributed by atoms with Gasteiger partial charge in [-0.3, -0.25) is 10.1 Å². The van der Waals surface area contributed by atoms with Crippen molar-refractivity contribution in [3.63, 3.8) is 0 Å². The van der Waals surface area contributed by atoms with Gasteiger partial charge >= 0.3 is 0 Å². The summed E-state index contributed by atoms with van der Waals surface area (Å²) in [5.41, 5.74) is 2.04. The van der Waals surface area contributed by atoms with Crippen LogP contribution in [0.5, 0.6) is 0 Å². The van der Waals surface area contributed by atoms with Crippen molar-refractivity contribution < 1.29 is 4.92 Å². The van der Waals surface area contributed by atoms with Gasteiger partial charge in [0, 0.05) is 37.9 Å². The fourth-order valence-electron chi connectivity index (χ4n) is 3.35. The maximum atomic E-state index is 11.5. The summed E-state index contributed by atoms with van der Waals surface area (Å²) in [5, 5.41) is 11.5. The molecular formula is C16H23N3O2. The zero-order valence-corrected chi connectivity index (χ0v) is 12.6. The molecule has 5 nitrogen and oxygen atoms in total. The lowest BCUT2D eigenvalue weighted by Gasteiger charge is -2.32. The van der Waals surface area contributed by atoms with Crippen LogP contribution in [-0.4, -0.2) is 31.1 Å². The van der Waals surface area contributed by atoms with E-state index in [4.69, 9.17) is 0 Å². The molecule has 0 radical (unpaired) electrons. The lowest BCUT2D eigenvalue weighted by Crippen LogP contribution is -2.33. The standard InChI is InChI=1S/C16H23N3O2/c1-13-6-10-18(11-7-13)15-5-4-14(12-16(15)19(20)21)17-8-2-3-9-17/h4-5,12-13H,2-3,6-11H2,1H3. The van der Waals surface area contributed by atoms with Crippen molar-refractivity contribution in [2.75, 3.05) is 36.0 Å². The number of benzene rings is 1. The van der Waals surface area contributed by atoms with Gasteiger partial charge in [0.15, 0.2) is 0 Å². The molecule has 0 aliphatic carbocycles. The first-order valence-electron chi connectivity index (χ1n) is 7.93. The summed E-state index contributed by atoms with van der Waals surface area (Å²) >= 11 is 0. The summed E-state index contributed by atoms with van der Waals surface area (Å²) < 4.78 is 0. The zero-order valence-electron chi connectivity index (χ0n) is 12.6. The Balaban J connectivity index is 1.87. The molecule has 114 valence electrons. The maximum absolute atomic E-state index is 11.5. The summed E-state index contributed by atoms with van der Waals surface area (Å²) in [6, 6.07) is 5.76. The van der Waals surface area contributed by atoms with E-state index in [1.54, 1.807) is 6.07 Å². The van der Waals surface area contributed by atoms with Gasteiger partial charge in [-0.1, -0.05) is 6.92 Å². The Morgan fingerprint density at radius 3 is 2.38 bits per heavy atom. The second-order valence-corrected chi connectivity index (χ2v) is 6.29. The number of nitrogens with zero attached hydrogens (tertiary/aromatic N) is 3. The van der Waals surface area contributed by atoms with Crippen LogP contribution in [0.3, 0.4) is 0 Å². The highest BCUT2D eigenvalue weighted by atomic mass is 16.6. The maximum Gasteiger partial charge on any atom is 0.294 e. The second kappa shape index (κ2) is 5.92. The molecule has 2 aliphatic rings. The molecule has 2 fully saturated rings. The molecule has 5 heteroatoms. The number of nitro benzene ring substituents is 1. The van der Waals surface area contributed by atoms with Crippen LogP contribution in [0.2, 0.25) is 0 Å². The highest BCUT2D eigenvalue weighted by Gasteiger charge is 2.25. The molecule has 0 amide bonds. The Bertz CT molecular complexity index is 518. The van der Waals surface area contributed by atoms with Crippen molar-refractivity contribution in [2.24, 2.45) is 5.92 Å². The fourth-order valence-corrected chi connectivity index (χ4v) is 3.35. The van der Waals surface area contributed by atoms with Crippen LogP contribution in [-0.2, 0) is 0 Å². The summed E-state index contributed by atoms with van der Waals surface area (Å²) in [6.45, 7) is 6.12. The van der Waals surface area contributed by atoms with Crippen LogP contribution in [0.25, 0.3) is 0 Å². The Hall–Kier alpha value is -1.78. The summed E-state index contributed by atoms with van der Waals surface area (Å²) in [4.78, 5) is 15.6. The summed E-state index contributed by atoms with van der Waals surface area (Å²) in [5.74, 6) is 0.726. The molecule has 2 heterocycles. The molecule has 0 aromatic heterocycles. The van der Waals surface area contributed by atoms with E-state index in [1.165, 1.54) is 12.8 Å². The van der Waals surface area contributed by atoms with E-state index in [9.17, 15) is 10.1 Å². The van der Waals surface area contributed by atoms with E-state index in [0.29, 0.717) is 0 Å². The predicted octanol–water partition coefficient (Wildman–Crippen LogP) is 3.43. The van der Waals surface area contributed by atoms with Crippen LogP contribution < -0.4 is 9.80 Å². The smallest absolute Gasteiger partial charge is 0.294 e. The minimum atomic E-state index is -0.229. The summed E-state index contributed by atoms with van der Waals surface area (Å²) in [6.07, 6.45) is 4.59. The van der Waals surface area contributed by atoms with Crippen molar-refractivity contribution in [2.45, 2.75) is 32.6 Å². The molecule has 2 saturated heterocycles. The van der Waals surface area contributed by atoms with Gasteiger partial charge in [-0.05, 0) is 43.7 Å². The average Bonchev–Trinajstić information content (AvgIpc) is 3.02. The molecule has 21 heavy (non-hydrogen) atoms. The Morgan fingerprint density at radius 1 is 1.10 bits per heavy atom. The normalized spacial score (nSPS) is 20.0. The van der Waals surface area contributed by atoms with Gasteiger partial charge < -0.3 is 9.80 Å². The first-order chi connectivity index (χ1) is 10.1. The lowest BCUT2D eigenvalue weighted by atomic mass is 9.98. The highest BCUT2D eigenvalue weighted by Crippen LogP contribution is 2.35. The SMILES string of the molecule is CC1CCN(c2ccc(N3CCCC3)cc2[N+](=O)[O-])CC1. The first-order valence-corrected chi connectivity index (χ1v) is 7.93. The van der Waals surface area contributed by atoms with Gasteiger partial charge in [-0.15, -0.1) is 0 Å². The van der Waals surface area contributed by atoms with E-state index in [2.05, 4.69) is 16.7 Å². The molecule has 0 atom stereocenters. The fraction of sp³-hybridized carbons (Fsp3) is 0.625. The van der Waals surface area contributed by atoms with Crippen molar-refractivity contribution in [3.05, 3.63) is 28.3 Å². The summed E-state index contributed by atoms with van der Waals surface area (Å²) in [7, 11) is 0. The number of anilines is 2. The Labute approximate surface area is 125 Å². The van der Waals surface area contributed by atoms with E-state index in [0.717, 1.165) is 56.3 Å². The van der Waals surface area contributed by atoms with Crippen LogP contribution in [0.15, 0.2) is 18.2 Å². The van der Waals surface area contributed by atoms with Crippen molar-refractivity contribution in [1.82, 2.24) is 0 Å². The molecule has 0 N–H and O–H groups in total. The van der Waals surface area contributed by atoms with Gasteiger partial charge in [0.1, 0.15) is 5.69 Å². The van der Waals surface area contributed by atoms with Gasteiger partial charge in [-0.2, -0.15) is 0 Å². The number of rotatable bonds is 3. The lowest BCUT2D eigenvalue weighted by molar-refractivity contribution is -0.384. The first kappa shape index (κ1) is 14.2. The van der Waals surface area contributed by atoms with Crippen LogP contribution in [0.1, 0.15) is 32.6 Å². The second-order valence-electron chi connectivity index (χ2n) is 6.29. The molecule has 3 rings (SSSR count). The van der Waals surface area contributed by atoms with Gasteiger partial charge in [0.2, 0.25) is 0 Å². The van der Waals surface area contributed by atoms with Crippen molar-refractivity contribution in [3.8, 4) is 0 Å². The molecule has 1 aromatic rings. The predicted molar refractivity (Wildman–Crippen MR) is 85.2 cm³/mol. The molecule has 1 aromatic carbocycles. The third kappa shape index (κ3) is 2.96. The number of piperidine rings is 1. The number of nitro groups is 1. The van der Waals surface area contributed by atoms with Crippen LogP contribution in [0, 0.1) is 16.0 Å². The van der Waals surface area contributed by atoms with Crippen molar-refractivity contribution >= 4 is 17.1 Å². The molecular weight excluding hydrogens is 266 g/mol. The molecule has 2 aliphatic heterocycles. The van der Waals surface area contributed by atoms with Gasteiger partial charge in [0.25, 0.3) is 5.69 Å². The Kier molecular flexibility index (Phi) is 3.99. The van der Waals surface area contributed by atoms with Crippen LogP contribution >= 0.6 is 0 Å². The average molecular weight is 289 g/mol. The molecule has 0 bridgehead atoms. The van der Waals surface area contributed by atoms with E-state index in [1.807, 2.05) is 12.1 Å². The van der Waals surface area contributed by atoms with E-state index < -0.39 is 0 Å². The number of hydrogen-bond donors (Lipinski definition) is 0. The largest absolute Gasteiger partial charge is 0.371 e.